The van der Waals surface area contributed by atoms with Gasteiger partial charge in [-0.1, -0.05) is 22.9 Å². The van der Waals surface area contributed by atoms with E-state index in [-0.39, 0.29) is 12.5 Å². The van der Waals surface area contributed by atoms with E-state index in [4.69, 9.17) is 11.6 Å². The van der Waals surface area contributed by atoms with Crippen LogP contribution in [0.2, 0.25) is 5.02 Å². The smallest absolute Gasteiger partial charge is 0.246 e. The van der Waals surface area contributed by atoms with Gasteiger partial charge in [0.05, 0.1) is 0 Å². The number of aryl methyl sites for hydroxylation is 1. The third-order valence-electron chi connectivity index (χ3n) is 3.09. The molecule has 8 heteroatoms. The lowest BCUT2D eigenvalue weighted by molar-refractivity contribution is -0.116. The highest BCUT2D eigenvalue weighted by Gasteiger charge is 2.12. The number of carbonyl (C=O) groups excluding carboxylic acids is 2. The molecule has 1 N–H and O–H groups in total. The molecule has 22 heavy (non-hydrogen) atoms. The van der Waals surface area contributed by atoms with Crippen molar-refractivity contribution in [3.8, 4) is 0 Å². The number of aldehydes is 1. The van der Waals surface area contributed by atoms with Crippen LogP contribution in [-0.2, 0) is 11.3 Å². The molecule has 0 aliphatic carbocycles. The Balaban J connectivity index is 1.87. The summed E-state index contributed by atoms with van der Waals surface area (Å²) in [6.45, 7) is 1.89. The monoisotopic (exact) mass is 334 g/mol. The summed E-state index contributed by atoms with van der Waals surface area (Å²) in [5, 5.41) is 12.9. The minimum atomic E-state index is -0.236. The van der Waals surface area contributed by atoms with E-state index in [9.17, 15) is 9.59 Å². The molecule has 0 aliphatic heterocycles. The van der Waals surface area contributed by atoms with Crippen LogP contribution in [0.15, 0.2) is 24.4 Å². The van der Waals surface area contributed by atoms with Crippen LogP contribution in [0.1, 0.15) is 15.4 Å². The van der Waals surface area contributed by atoms with E-state index in [1.54, 1.807) is 29.0 Å². The molecule has 0 unspecified atom stereocenters. The van der Waals surface area contributed by atoms with Gasteiger partial charge >= 0.3 is 0 Å². The largest absolute Gasteiger partial charge is 0.337 e. The first-order valence-corrected chi connectivity index (χ1v) is 7.60. The van der Waals surface area contributed by atoms with Crippen molar-refractivity contribution in [2.24, 2.45) is 0 Å². The maximum atomic E-state index is 12.1. The van der Waals surface area contributed by atoms with Crippen molar-refractivity contribution in [1.29, 1.82) is 0 Å². The fraction of sp³-hybridized carbons (Fsp3) is 0.143. The van der Waals surface area contributed by atoms with Crippen LogP contribution in [0.25, 0.3) is 10.9 Å². The first-order valence-electron chi connectivity index (χ1n) is 6.40. The fourth-order valence-electron chi connectivity index (χ4n) is 2.18. The average Bonchev–Trinajstić information content (AvgIpc) is 3.02. The predicted octanol–water partition coefficient (Wildman–Crippen LogP) is 2.91. The first-order chi connectivity index (χ1) is 10.6. The summed E-state index contributed by atoms with van der Waals surface area (Å²) < 4.78 is 1.71. The molecule has 0 fully saturated rings. The van der Waals surface area contributed by atoms with Crippen LogP contribution in [0, 0.1) is 6.92 Å². The van der Waals surface area contributed by atoms with Crippen LogP contribution < -0.4 is 5.32 Å². The zero-order chi connectivity index (χ0) is 15.7. The molecule has 0 saturated carbocycles. The number of nitrogens with zero attached hydrogens (tertiary/aromatic N) is 3. The number of amides is 1. The summed E-state index contributed by atoms with van der Waals surface area (Å²) in [5.41, 5.74) is 1.27. The Morgan fingerprint density at radius 1 is 1.45 bits per heavy atom. The first kappa shape index (κ1) is 14.7. The molecule has 2 heterocycles. The molecular weight excluding hydrogens is 324 g/mol. The van der Waals surface area contributed by atoms with Crippen molar-refractivity contribution in [3.05, 3.63) is 40.0 Å². The number of carbonyl (C=O) groups is 2. The highest BCUT2D eigenvalue weighted by molar-refractivity contribution is 7.15. The highest BCUT2D eigenvalue weighted by Crippen LogP contribution is 2.24. The zero-order valence-corrected chi connectivity index (χ0v) is 13.1. The maximum absolute atomic E-state index is 12.1. The van der Waals surface area contributed by atoms with E-state index >= 15 is 0 Å². The summed E-state index contributed by atoms with van der Waals surface area (Å²) >= 11 is 7.26. The SMILES string of the molecule is Cc1nnc(NC(=O)Cn2cc(C=O)c3cc(Cl)ccc32)s1. The van der Waals surface area contributed by atoms with Crippen LogP contribution in [0.3, 0.4) is 0 Å². The van der Waals surface area contributed by atoms with Crippen molar-refractivity contribution in [2.75, 3.05) is 5.32 Å². The van der Waals surface area contributed by atoms with E-state index < -0.39 is 0 Å². The Labute approximate surface area is 134 Å². The minimum absolute atomic E-state index is 0.0740. The Morgan fingerprint density at radius 3 is 2.95 bits per heavy atom. The molecule has 1 amide bonds. The maximum Gasteiger partial charge on any atom is 0.246 e. The molecule has 0 aliphatic rings. The summed E-state index contributed by atoms with van der Waals surface area (Å²) in [4.78, 5) is 23.2. The van der Waals surface area contributed by atoms with Crippen molar-refractivity contribution in [1.82, 2.24) is 14.8 Å². The molecule has 0 saturated heterocycles. The van der Waals surface area contributed by atoms with Gasteiger partial charge in [-0.2, -0.15) is 0 Å². The van der Waals surface area contributed by atoms with Gasteiger partial charge in [-0.05, 0) is 25.1 Å². The van der Waals surface area contributed by atoms with Crippen molar-refractivity contribution in [3.63, 3.8) is 0 Å². The highest BCUT2D eigenvalue weighted by atomic mass is 35.5. The number of hydrogen-bond donors (Lipinski definition) is 1. The lowest BCUT2D eigenvalue weighted by Gasteiger charge is -2.05. The van der Waals surface area contributed by atoms with E-state index in [1.165, 1.54) is 11.3 Å². The van der Waals surface area contributed by atoms with Gasteiger partial charge in [-0.25, -0.2) is 0 Å². The molecule has 0 spiro atoms. The van der Waals surface area contributed by atoms with Crippen LogP contribution >= 0.6 is 22.9 Å². The Kier molecular flexibility index (Phi) is 3.91. The third-order valence-corrected chi connectivity index (χ3v) is 4.08. The van der Waals surface area contributed by atoms with Gasteiger partial charge in [0.1, 0.15) is 11.6 Å². The molecule has 2 aromatic heterocycles. The van der Waals surface area contributed by atoms with Gasteiger partial charge < -0.3 is 4.57 Å². The molecule has 1 aromatic carbocycles. The number of nitrogens with one attached hydrogen (secondary N) is 1. The Bertz CT molecular complexity index is 871. The van der Waals surface area contributed by atoms with E-state index in [0.717, 1.165) is 22.2 Å². The quantitative estimate of drug-likeness (QED) is 0.744. The molecule has 0 bridgehead atoms. The molecule has 6 nitrogen and oxygen atoms in total. The van der Waals surface area contributed by atoms with Crippen LogP contribution in [-0.4, -0.2) is 27.0 Å². The van der Waals surface area contributed by atoms with Crippen LogP contribution in [0.4, 0.5) is 5.13 Å². The number of halogens is 1. The van der Waals surface area contributed by atoms with Gasteiger partial charge in [-0.15, -0.1) is 10.2 Å². The van der Waals surface area contributed by atoms with Gasteiger partial charge in [0, 0.05) is 27.7 Å². The topological polar surface area (TPSA) is 76.9 Å². The normalized spacial score (nSPS) is 10.8. The number of aromatic nitrogens is 3. The van der Waals surface area contributed by atoms with Gasteiger partial charge in [0.25, 0.3) is 0 Å². The van der Waals surface area contributed by atoms with Gasteiger partial charge in [-0.3, -0.25) is 14.9 Å². The summed E-state index contributed by atoms with van der Waals surface area (Å²) in [6.07, 6.45) is 2.39. The second-order valence-corrected chi connectivity index (χ2v) is 6.28. The summed E-state index contributed by atoms with van der Waals surface area (Å²) in [5.74, 6) is -0.236. The van der Waals surface area contributed by atoms with Crippen molar-refractivity contribution in [2.45, 2.75) is 13.5 Å². The number of hydrogen-bond acceptors (Lipinski definition) is 5. The summed E-state index contributed by atoms with van der Waals surface area (Å²) in [6, 6.07) is 5.22. The number of fused-ring (bicyclic) bond motifs is 1. The van der Waals surface area contributed by atoms with E-state index in [2.05, 4.69) is 15.5 Å². The number of anilines is 1. The molecule has 0 atom stereocenters. The standard InChI is InChI=1S/C14H11ClN4O2S/c1-8-17-18-14(22-8)16-13(21)6-19-5-9(7-20)11-4-10(15)2-3-12(11)19/h2-5,7H,6H2,1H3,(H,16,18,21). The number of benzene rings is 1. The second-order valence-electron chi connectivity index (χ2n) is 4.67. The molecule has 3 aromatic rings. The number of rotatable bonds is 4. The molecule has 112 valence electrons. The van der Waals surface area contributed by atoms with E-state index in [1.807, 2.05) is 6.92 Å². The third kappa shape index (κ3) is 2.86. The second kappa shape index (κ2) is 5.86. The molecule has 0 radical (unpaired) electrons. The average molecular weight is 335 g/mol. The van der Waals surface area contributed by atoms with Crippen LogP contribution in [0.5, 0.6) is 0 Å². The molecule has 3 rings (SSSR count). The minimum Gasteiger partial charge on any atom is -0.337 e. The zero-order valence-electron chi connectivity index (χ0n) is 11.5. The van der Waals surface area contributed by atoms with Gasteiger partial charge in [0.15, 0.2) is 6.29 Å². The lowest BCUT2D eigenvalue weighted by atomic mass is 10.2. The predicted molar refractivity (Wildman–Crippen MR) is 85.6 cm³/mol. The Morgan fingerprint density at radius 2 is 2.27 bits per heavy atom. The lowest BCUT2D eigenvalue weighted by Crippen LogP contribution is -2.18. The fourth-order valence-corrected chi connectivity index (χ4v) is 2.96. The van der Waals surface area contributed by atoms with Crippen molar-refractivity contribution >= 4 is 51.2 Å². The molecular formula is C14H11ClN4O2S. The van der Waals surface area contributed by atoms with E-state index in [0.29, 0.717) is 15.7 Å². The Hall–Kier alpha value is -2.25. The summed E-state index contributed by atoms with van der Waals surface area (Å²) in [7, 11) is 0. The van der Waals surface area contributed by atoms with Crippen molar-refractivity contribution < 1.29 is 9.59 Å². The van der Waals surface area contributed by atoms with Gasteiger partial charge in [0.2, 0.25) is 11.0 Å².